The lowest BCUT2D eigenvalue weighted by Crippen LogP contribution is -2.44. The first-order chi connectivity index (χ1) is 7.31. The Morgan fingerprint density at radius 2 is 2.27 bits per heavy atom. The number of halogens is 1. The fourth-order valence-electron chi connectivity index (χ4n) is 2.01. The summed E-state index contributed by atoms with van der Waals surface area (Å²) in [5.41, 5.74) is 5.74. The molecule has 0 bridgehead atoms. The Kier molecular flexibility index (Phi) is 3.38. The van der Waals surface area contributed by atoms with E-state index in [1.165, 1.54) is 12.8 Å². The largest absolute Gasteiger partial charge is 0.351 e. The van der Waals surface area contributed by atoms with Crippen molar-refractivity contribution in [2.24, 2.45) is 5.73 Å². The summed E-state index contributed by atoms with van der Waals surface area (Å²) in [6.07, 6.45) is 3.58. The van der Waals surface area contributed by atoms with Crippen LogP contribution < -0.4 is 10.6 Å². The molecule has 0 radical (unpaired) electrons. The molecular weight excluding hydrogens is 212 g/mol. The normalized spacial score (nSPS) is 21.7. The van der Waals surface area contributed by atoms with E-state index < -0.39 is 0 Å². The second kappa shape index (κ2) is 4.77. The van der Waals surface area contributed by atoms with E-state index in [0.29, 0.717) is 17.7 Å². The van der Waals surface area contributed by atoms with Gasteiger partial charge in [-0.1, -0.05) is 11.6 Å². The molecule has 0 saturated carbocycles. The molecule has 0 spiro atoms. The molecule has 1 aromatic heterocycles. The Morgan fingerprint density at radius 3 is 2.93 bits per heavy atom. The minimum Gasteiger partial charge on any atom is -0.351 e. The highest BCUT2D eigenvalue weighted by atomic mass is 35.5. The molecule has 1 aliphatic rings. The molecular formula is C10H15ClN4. The average Bonchev–Trinajstić information content (AvgIpc) is 2.30. The summed E-state index contributed by atoms with van der Waals surface area (Å²) < 4.78 is 0. The Labute approximate surface area is 94.4 Å². The van der Waals surface area contributed by atoms with Crippen molar-refractivity contribution < 1.29 is 0 Å². The fraction of sp³-hybridized carbons (Fsp3) is 0.600. The molecule has 0 unspecified atom stereocenters. The van der Waals surface area contributed by atoms with Crippen LogP contribution in [0.15, 0.2) is 12.1 Å². The van der Waals surface area contributed by atoms with Crippen molar-refractivity contribution in [1.29, 1.82) is 0 Å². The monoisotopic (exact) mass is 226 g/mol. The molecule has 1 fully saturated rings. The van der Waals surface area contributed by atoms with Gasteiger partial charge in [-0.2, -0.15) is 0 Å². The lowest BCUT2D eigenvalue weighted by Gasteiger charge is -2.35. The van der Waals surface area contributed by atoms with Gasteiger partial charge in [-0.3, -0.25) is 0 Å². The average molecular weight is 227 g/mol. The molecule has 2 N–H and O–H groups in total. The number of piperidine rings is 1. The van der Waals surface area contributed by atoms with Crippen LogP contribution in [0.2, 0.25) is 5.15 Å². The van der Waals surface area contributed by atoms with Crippen LogP contribution in [0, 0.1) is 0 Å². The second-order valence-electron chi connectivity index (χ2n) is 3.79. The van der Waals surface area contributed by atoms with Crippen molar-refractivity contribution in [1.82, 2.24) is 10.2 Å². The van der Waals surface area contributed by atoms with Crippen LogP contribution in [0.3, 0.4) is 0 Å². The third-order valence-electron chi connectivity index (χ3n) is 2.81. The van der Waals surface area contributed by atoms with E-state index in [-0.39, 0.29) is 0 Å². The third kappa shape index (κ3) is 2.38. The molecule has 0 amide bonds. The standard InChI is InChI=1S/C10H15ClN4/c11-9-4-5-10(14-13-9)15-6-2-1-3-8(15)7-12/h4-5,8H,1-3,6-7,12H2/t8-/m1/s1. The highest BCUT2D eigenvalue weighted by molar-refractivity contribution is 6.29. The summed E-state index contributed by atoms with van der Waals surface area (Å²) in [6, 6.07) is 4.07. The quantitative estimate of drug-likeness (QED) is 0.830. The second-order valence-corrected chi connectivity index (χ2v) is 4.18. The number of hydrogen-bond acceptors (Lipinski definition) is 4. The maximum atomic E-state index is 5.74. The maximum absolute atomic E-state index is 5.74. The van der Waals surface area contributed by atoms with Gasteiger partial charge in [0.15, 0.2) is 11.0 Å². The summed E-state index contributed by atoms with van der Waals surface area (Å²) in [5.74, 6) is 0.884. The van der Waals surface area contributed by atoms with E-state index in [2.05, 4.69) is 15.1 Å². The summed E-state index contributed by atoms with van der Waals surface area (Å²) in [4.78, 5) is 2.23. The number of anilines is 1. The van der Waals surface area contributed by atoms with Crippen LogP contribution in [-0.4, -0.2) is 29.3 Å². The van der Waals surface area contributed by atoms with Gasteiger partial charge in [0.05, 0.1) is 0 Å². The molecule has 15 heavy (non-hydrogen) atoms. The van der Waals surface area contributed by atoms with E-state index in [4.69, 9.17) is 17.3 Å². The van der Waals surface area contributed by atoms with Crippen LogP contribution in [0.25, 0.3) is 0 Å². The van der Waals surface area contributed by atoms with E-state index >= 15 is 0 Å². The van der Waals surface area contributed by atoms with Crippen molar-refractivity contribution in [3.63, 3.8) is 0 Å². The molecule has 1 aromatic rings. The van der Waals surface area contributed by atoms with Gasteiger partial charge in [0, 0.05) is 19.1 Å². The number of hydrogen-bond donors (Lipinski definition) is 1. The maximum Gasteiger partial charge on any atom is 0.151 e. The van der Waals surface area contributed by atoms with Gasteiger partial charge >= 0.3 is 0 Å². The minimum atomic E-state index is 0.397. The number of aromatic nitrogens is 2. The van der Waals surface area contributed by atoms with Gasteiger partial charge < -0.3 is 10.6 Å². The molecule has 2 rings (SSSR count). The van der Waals surface area contributed by atoms with Gasteiger partial charge in [-0.15, -0.1) is 10.2 Å². The molecule has 1 saturated heterocycles. The zero-order chi connectivity index (χ0) is 10.7. The molecule has 1 aliphatic heterocycles. The molecule has 2 heterocycles. The highest BCUT2D eigenvalue weighted by Gasteiger charge is 2.22. The van der Waals surface area contributed by atoms with E-state index in [0.717, 1.165) is 18.8 Å². The summed E-state index contributed by atoms with van der Waals surface area (Å²) in [7, 11) is 0. The fourth-order valence-corrected chi connectivity index (χ4v) is 2.11. The third-order valence-corrected chi connectivity index (χ3v) is 3.01. The Bertz CT molecular complexity index is 314. The van der Waals surface area contributed by atoms with Crippen LogP contribution >= 0.6 is 11.6 Å². The van der Waals surface area contributed by atoms with Gasteiger partial charge in [-0.25, -0.2) is 0 Å². The summed E-state index contributed by atoms with van der Waals surface area (Å²) in [5, 5.41) is 8.38. The van der Waals surface area contributed by atoms with Crippen molar-refractivity contribution in [3.05, 3.63) is 17.3 Å². The van der Waals surface area contributed by atoms with Crippen LogP contribution in [0.4, 0.5) is 5.82 Å². The minimum absolute atomic E-state index is 0.397. The highest BCUT2D eigenvalue weighted by Crippen LogP contribution is 2.22. The van der Waals surface area contributed by atoms with Crippen LogP contribution in [0.1, 0.15) is 19.3 Å². The molecule has 4 nitrogen and oxygen atoms in total. The van der Waals surface area contributed by atoms with Crippen LogP contribution in [-0.2, 0) is 0 Å². The summed E-state index contributed by atoms with van der Waals surface area (Å²) >= 11 is 5.70. The van der Waals surface area contributed by atoms with Gasteiger partial charge in [-0.05, 0) is 31.4 Å². The van der Waals surface area contributed by atoms with Gasteiger partial charge in [0.2, 0.25) is 0 Å². The van der Waals surface area contributed by atoms with E-state index in [1.807, 2.05) is 6.07 Å². The topological polar surface area (TPSA) is 55.0 Å². The number of nitrogens with two attached hydrogens (primary N) is 1. The zero-order valence-corrected chi connectivity index (χ0v) is 9.32. The van der Waals surface area contributed by atoms with Crippen molar-refractivity contribution in [2.45, 2.75) is 25.3 Å². The smallest absolute Gasteiger partial charge is 0.151 e. The zero-order valence-electron chi connectivity index (χ0n) is 8.56. The Hall–Kier alpha value is -0.870. The SMILES string of the molecule is NC[C@H]1CCCCN1c1ccc(Cl)nn1. The first-order valence-corrected chi connectivity index (χ1v) is 5.65. The Morgan fingerprint density at radius 1 is 1.40 bits per heavy atom. The Balaban J connectivity index is 2.16. The molecule has 1 atom stereocenters. The molecule has 82 valence electrons. The van der Waals surface area contributed by atoms with E-state index in [9.17, 15) is 0 Å². The van der Waals surface area contributed by atoms with Crippen molar-refractivity contribution in [3.8, 4) is 0 Å². The predicted molar refractivity (Wildman–Crippen MR) is 61.1 cm³/mol. The molecule has 0 aromatic carbocycles. The van der Waals surface area contributed by atoms with E-state index in [1.54, 1.807) is 6.07 Å². The lowest BCUT2D eigenvalue weighted by atomic mass is 10.0. The van der Waals surface area contributed by atoms with Gasteiger partial charge in [0.25, 0.3) is 0 Å². The van der Waals surface area contributed by atoms with Gasteiger partial charge in [0.1, 0.15) is 0 Å². The molecule has 0 aliphatic carbocycles. The first kappa shape index (κ1) is 10.6. The number of nitrogens with zero attached hydrogens (tertiary/aromatic N) is 3. The van der Waals surface area contributed by atoms with Crippen molar-refractivity contribution in [2.75, 3.05) is 18.0 Å². The summed E-state index contributed by atoms with van der Waals surface area (Å²) in [6.45, 7) is 1.68. The van der Waals surface area contributed by atoms with Crippen molar-refractivity contribution >= 4 is 17.4 Å². The molecule has 5 heteroatoms. The number of rotatable bonds is 2. The first-order valence-electron chi connectivity index (χ1n) is 5.27. The van der Waals surface area contributed by atoms with Crippen LogP contribution in [0.5, 0.6) is 0 Å². The predicted octanol–water partition coefficient (Wildman–Crippen LogP) is 1.45. The lowest BCUT2D eigenvalue weighted by molar-refractivity contribution is 0.461.